The van der Waals surface area contributed by atoms with E-state index in [1.807, 2.05) is 12.1 Å². The van der Waals surface area contributed by atoms with E-state index in [4.69, 9.17) is 10.2 Å². The fraction of sp³-hybridized carbons (Fsp3) is 0.100. The molecule has 0 bridgehead atoms. The molecule has 2 aromatic rings. The molecule has 0 aliphatic carbocycles. The van der Waals surface area contributed by atoms with Crippen molar-refractivity contribution in [2.45, 2.75) is 0 Å². The molecule has 1 aromatic carbocycles. The Bertz CT molecular complexity index is 531. The van der Waals surface area contributed by atoms with E-state index in [0.717, 1.165) is 5.39 Å². The molecule has 1 aromatic heterocycles. The Morgan fingerprint density at radius 3 is 2.79 bits per heavy atom. The van der Waals surface area contributed by atoms with Crippen molar-refractivity contribution < 1.29 is 4.42 Å². The van der Waals surface area contributed by atoms with Gasteiger partial charge in [0.15, 0.2) is 0 Å². The Labute approximate surface area is 80.3 Å². The van der Waals surface area contributed by atoms with Gasteiger partial charge in [0, 0.05) is 12.4 Å². The average Bonchev–Trinajstić information content (AvgIpc) is 2.20. The molecular formula is C10H10N2O2. The predicted molar refractivity (Wildman–Crippen MR) is 56.4 cm³/mol. The van der Waals surface area contributed by atoms with Gasteiger partial charge in [-0.2, -0.15) is 0 Å². The summed E-state index contributed by atoms with van der Waals surface area (Å²) in [5.74, 6) is 0. The van der Waals surface area contributed by atoms with Gasteiger partial charge in [0.2, 0.25) is 0 Å². The van der Waals surface area contributed by atoms with Gasteiger partial charge in [-0.15, -0.1) is 0 Å². The van der Waals surface area contributed by atoms with Gasteiger partial charge in [0.05, 0.1) is 5.69 Å². The van der Waals surface area contributed by atoms with E-state index in [2.05, 4.69) is 5.32 Å². The Morgan fingerprint density at radius 2 is 2.07 bits per heavy atom. The molecule has 4 heteroatoms. The number of nitrogen functional groups attached to an aromatic ring is 1. The van der Waals surface area contributed by atoms with Crippen molar-refractivity contribution in [3.63, 3.8) is 0 Å². The molecule has 0 saturated carbocycles. The van der Waals surface area contributed by atoms with Crippen molar-refractivity contribution >= 4 is 22.3 Å². The van der Waals surface area contributed by atoms with Crippen molar-refractivity contribution in [3.8, 4) is 0 Å². The lowest BCUT2D eigenvalue weighted by atomic mass is 10.2. The minimum absolute atomic E-state index is 0.117. The van der Waals surface area contributed by atoms with Crippen molar-refractivity contribution in [1.82, 2.24) is 0 Å². The topological polar surface area (TPSA) is 68.3 Å². The lowest BCUT2D eigenvalue weighted by molar-refractivity contribution is 0.565. The van der Waals surface area contributed by atoms with Gasteiger partial charge in [-0.3, -0.25) is 0 Å². The van der Waals surface area contributed by atoms with Crippen molar-refractivity contribution in [2.24, 2.45) is 0 Å². The lowest BCUT2D eigenvalue weighted by Gasteiger charge is -2.06. The second-order valence-electron chi connectivity index (χ2n) is 2.92. The van der Waals surface area contributed by atoms with E-state index >= 15 is 0 Å². The van der Waals surface area contributed by atoms with Gasteiger partial charge in [-0.25, -0.2) is 4.79 Å². The van der Waals surface area contributed by atoms with Crippen LogP contribution in [0, 0.1) is 0 Å². The fourth-order valence-corrected chi connectivity index (χ4v) is 1.43. The molecule has 4 nitrogen and oxygen atoms in total. The van der Waals surface area contributed by atoms with Crippen LogP contribution in [0.15, 0.2) is 33.5 Å². The summed E-state index contributed by atoms with van der Waals surface area (Å²) in [6, 6.07) is 7.25. The molecule has 0 fully saturated rings. The maximum atomic E-state index is 11.3. The minimum Gasteiger partial charge on any atom is -0.421 e. The van der Waals surface area contributed by atoms with Crippen LogP contribution in [0.3, 0.4) is 0 Å². The second kappa shape index (κ2) is 3.06. The number of rotatable bonds is 1. The van der Waals surface area contributed by atoms with Gasteiger partial charge < -0.3 is 15.5 Å². The Kier molecular flexibility index (Phi) is 1.89. The summed E-state index contributed by atoms with van der Waals surface area (Å²) < 4.78 is 5.01. The summed E-state index contributed by atoms with van der Waals surface area (Å²) >= 11 is 0. The Morgan fingerprint density at radius 1 is 1.36 bits per heavy atom. The van der Waals surface area contributed by atoms with Crippen LogP contribution in [0.5, 0.6) is 0 Å². The number of hydrogen-bond acceptors (Lipinski definition) is 4. The monoisotopic (exact) mass is 190 g/mol. The molecule has 0 amide bonds. The predicted octanol–water partition coefficient (Wildman–Crippen LogP) is 1.42. The number of benzene rings is 1. The summed E-state index contributed by atoms with van der Waals surface area (Å²) in [6.07, 6.45) is 0. The molecular weight excluding hydrogens is 180 g/mol. The SMILES string of the molecule is CNc1c(N)c(=O)oc2ccccc12. The molecule has 0 saturated heterocycles. The van der Waals surface area contributed by atoms with Crippen molar-refractivity contribution in [2.75, 3.05) is 18.1 Å². The zero-order valence-electron chi connectivity index (χ0n) is 7.70. The van der Waals surface area contributed by atoms with E-state index in [9.17, 15) is 4.79 Å². The number of nitrogens with one attached hydrogen (secondary N) is 1. The number of nitrogens with two attached hydrogens (primary N) is 1. The van der Waals surface area contributed by atoms with Gasteiger partial charge in [0.25, 0.3) is 0 Å². The van der Waals surface area contributed by atoms with E-state index in [1.54, 1.807) is 19.2 Å². The normalized spacial score (nSPS) is 10.4. The highest BCUT2D eigenvalue weighted by molar-refractivity contribution is 5.95. The molecule has 0 atom stereocenters. The third-order valence-corrected chi connectivity index (χ3v) is 2.10. The number of para-hydroxylation sites is 1. The molecule has 0 unspecified atom stereocenters. The third kappa shape index (κ3) is 1.12. The van der Waals surface area contributed by atoms with E-state index in [0.29, 0.717) is 11.3 Å². The second-order valence-corrected chi connectivity index (χ2v) is 2.92. The number of fused-ring (bicyclic) bond motifs is 1. The van der Waals surface area contributed by atoms with Crippen LogP contribution < -0.4 is 16.7 Å². The van der Waals surface area contributed by atoms with Crippen LogP contribution in [0.1, 0.15) is 0 Å². The zero-order valence-corrected chi connectivity index (χ0v) is 7.70. The molecule has 2 rings (SSSR count). The van der Waals surface area contributed by atoms with Crippen LogP contribution >= 0.6 is 0 Å². The molecule has 1 heterocycles. The quantitative estimate of drug-likeness (QED) is 0.667. The summed E-state index contributed by atoms with van der Waals surface area (Å²) in [5, 5.41) is 3.71. The first-order valence-corrected chi connectivity index (χ1v) is 4.23. The van der Waals surface area contributed by atoms with Crippen LogP contribution in [0.2, 0.25) is 0 Å². The average molecular weight is 190 g/mol. The summed E-state index contributed by atoms with van der Waals surface area (Å²) in [5.41, 5.74) is 6.36. The van der Waals surface area contributed by atoms with Crippen molar-refractivity contribution in [3.05, 3.63) is 34.7 Å². The van der Waals surface area contributed by atoms with Crippen LogP contribution in [-0.2, 0) is 0 Å². The molecule has 14 heavy (non-hydrogen) atoms. The van der Waals surface area contributed by atoms with E-state index in [1.165, 1.54) is 0 Å². The molecule has 3 N–H and O–H groups in total. The highest BCUT2D eigenvalue weighted by atomic mass is 16.4. The molecule has 0 radical (unpaired) electrons. The maximum Gasteiger partial charge on any atom is 0.361 e. The maximum absolute atomic E-state index is 11.3. The third-order valence-electron chi connectivity index (χ3n) is 2.10. The van der Waals surface area contributed by atoms with Gasteiger partial charge in [0.1, 0.15) is 11.3 Å². The summed E-state index contributed by atoms with van der Waals surface area (Å²) in [6.45, 7) is 0. The molecule has 0 aliphatic heterocycles. The van der Waals surface area contributed by atoms with Crippen molar-refractivity contribution in [1.29, 1.82) is 0 Å². The molecule has 72 valence electrons. The smallest absolute Gasteiger partial charge is 0.361 e. The lowest BCUT2D eigenvalue weighted by Crippen LogP contribution is -2.10. The van der Waals surface area contributed by atoms with Gasteiger partial charge in [-0.05, 0) is 12.1 Å². The van der Waals surface area contributed by atoms with Gasteiger partial charge >= 0.3 is 5.63 Å². The van der Waals surface area contributed by atoms with Crippen LogP contribution in [0.4, 0.5) is 11.4 Å². The highest BCUT2D eigenvalue weighted by Crippen LogP contribution is 2.25. The van der Waals surface area contributed by atoms with E-state index in [-0.39, 0.29) is 5.69 Å². The first-order chi connectivity index (χ1) is 6.74. The minimum atomic E-state index is -0.506. The van der Waals surface area contributed by atoms with Gasteiger partial charge in [-0.1, -0.05) is 12.1 Å². The summed E-state index contributed by atoms with van der Waals surface area (Å²) in [7, 11) is 1.72. The first-order valence-electron chi connectivity index (χ1n) is 4.23. The fourth-order valence-electron chi connectivity index (χ4n) is 1.43. The van der Waals surface area contributed by atoms with Crippen LogP contribution in [-0.4, -0.2) is 7.05 Å². The summed E-state index contributed by atoms with van der Waals surface area (Å²) in [4.78, 5) is 11.3. The Balaban J connectivity index is 2.96. The zero-order chi connectivity index (χ0) is 10.1. The first kappa shape index (κ1) is 8.62. The molecule has 0 spiro atoms. The largest absolute Gasteiger partial charge is 0.421 e. The standard InChI is InChI=1S/C10H10N2O2/c1-12-9-6-4-2-3-5-7(6)14-10(13)8(9)11/h2-5,12H,11H2,1H3. The van der Waals surface area contributed by atoms with Crippen LogP contribution in [0.25, 0.3) is 11.0 Å². The molecule has 0 aliphatic rings. The Hall–Kier alpha value is -1.97. The number of anilines is 2. The highest BCUT2D eigenvalue weighted by Gasteiger charge is 2.09. The number of hydrogen-bond donors (Lipinski definition) is 2. The van der Waals surface area contributed by atoms with E-state index < -0.39 is 5.63 Å².